The average Bonchev–Trinajstić information content (AvgIpc) is 2.26. The highest BCUT2D eigenvalue weighted by Gasteiger charge is 2.15. The highest BCUT2D eigenvalue weighted by Crippen LogP contribution is 2.13. The van der Waals surface area contributed by atoms with Gasteiger partial charge in [0.05, 0.1) is 18.3 Å². The summed E-state index contributed by atoms with van der Waals surface area (Å²) in [6.07, 6.45) is 2.45. The average molecular weight is 213 g/mol. The second-order valence-electron chi connectivity index (χ2n) is 3.16. The molecule has 4 nitrogen and oxygen atoms in total. The van der Waals surface area contributed by atoms with Gasteiger partial charge in [-0.1, -0.05) is 6.92 Å². The molecule has 1 aromatic heterocycles. The molecule has 84 valence electrons. The van der Waals surface area contributed by atoms with Crippen LogP contribution in [-0.4, -0.2) is 18.2 Å². The van der Waals surface area contributed by atoms with Crippen LogP contribution in [-0.2, 0) is 4.74 Å². The first-order valence-corrected chi connectivity index (χ1v) is 4.93. The van der Waals surface area contributed by atoms with Gasteiger partial charge in [-0.2, -0.15) is 0 Å². The Morgan fingerprint density at radius 2 is 2.47 bits per heavy atom. The van der Waals surface area contributed by atoms with Crippen LogP contribution in [0, 0.1) is 5.82 Å². The molecule has 0 aromatic carbocycles. The maximum absolute atomic E-state index is 13.3. The number of nitrogens with one attached hydrogen (secondary N) is 1. The maximum atomic E-state index is 13.3. The minimum atomic E-state index is -0.405. The molecule has 0 aliphatic carbocycles. The quantitative estimate of drug-likeness (QED) is 0.423. The number of rotatable bonds is 6. The van der Waals surface area contributed by atoms with Crippen LogP contribution in [0.15, 0.2) is 18.3 Å². The van der Waals surface area contributed by atoms with E-state index in [1.54, 1.807) is 6.07 Å². The van der Waals surface area contributed by atoms with E-state index in [0.717, 1.165) is 6.42 Å². The summed E-state index contributed by atoms with van der Waals surface area (Å²) in [7, 11) is 0. The minimum Gasteiger partial charge on any atom is -0.379 e. The fraction of sp³-hybridized carbons (Fsp3) is 0.500. The zero-order valence-corrected chi connectivity index (χ0v) is 8.74. The van der Waals surface area contributed by atoms with Gasteiger partial charge >= 0.3 is 0 Å². The molecule has 1 unspecified atom stereocenters. The van der Waals surface area contributed by atoms with Gasteiger partial charge < -0.3 is 4.74 Å². The first-order valence-electron chi connectivity index (χ1n) is 4.93. The molecule has 0 amide bonds. The van der Waals surface area contributed by atoms with E-state index < -0.39 is 6.04 Å². The number of nitrogens with two attached hydrogens (primary N) is 1. The lowest BCUT2D eigenvalue weighted by atomic mass is 10.2. The van der Waals surface area contributed by atoms with Gasteiger partial charge in [0.25, 0.3) is 0 Å². The molecule has 1 aromatic rings. The van der Waals surface area contributed by atoms with Crippen molar-refractivity contribution in [2.45, 2.75) is 19.4 Å². The monoisotopic (exact) mass is 213 g/mol. The van der Waals surface area contributed by atoms with Gasteiger partial charge in [0, 0.05) is 12.8 Å². The predicted octanol–water partition coefficient (Wildman–Crippen LogP) is 1.15. The van der Waals surface area contributed by atoms with Gasteiger partial charge in [0.15, 0.2) is 0 Å². The second-order valence-corrected chi connectivity index (χ2v) is 3.16. The fourth-order valence-electron chi connectivity index (χ4n) is 1.21. The first kappa shape index (κ1) is 12.0. The largest absolute Gasteiger partial charge is 0.379 e. The molecule has 0 radical (unpaired) electrons. The van der Waals surface area contributed by atoms with Crippen LogP contribution in [0.1, 0.15) is 25.1 Å². The first-order chi connectivity index (χ1) is 7.29. The third kappa shape index (κ3) is 3.54. The molecule has 0 aliphatic rings. The van der Waals surface area contributed by atoms with E-state index in [9.17, 15) is 4.39 Å². The van der Waals surface area contributed by atoms with Crippen molar-refractivity contribution in [3.63, 3.8) is 0 Å². The Morgan fingerprint density at radius 1 is 1.67 bits per heavy atom. The molecule has 0 spiro atoms. The smallest absolute Gasteiger partial charge is 0.146 e. The van der Waals surface area contributed by atoms with Crippen molar-refractivity contribution in [1.82, 2.24) is 10.4 Å². The zero-order valence-electron chi connectivity index (χ0n) is 8.74. The number of hydrogen-bond acceptors (Lipinski definition) is 4. The summed E-state index contributed by atoms with van der Waals surface area (Å²) >= 11 is 0. The van der Waals surface area contributed by atoms with Gasteiger partial charge in [-0.05, 0) is 18.6 Å². The van der Waals surface area contributed by atoms with E-state index in [4.69, 9.17) is 10.6 Å². The molecule has 5 heteroatoms. The summed E-state index contributed by atoms with van der Waals surface area (Å²) in [5.74, 6) is 4.94. The van der Waals surface area contributed by atoms with E-state index in [1.807, 2.05) is 6.92 Å². The SMILES string of the molecule is CCCOCC(NN)c1ncccc1F. The molecule has 0 saturated heterocycles. The molecular weight excluding hydrogens is 197 g/mol. The van der Waals surface area contributed by atoms with Gasteiger partial charge in [-0.15, -0.1) is 0 Å². The normalized spacial score (nSPS) is 12.7. The van der Waals surface area contributed by atoms with Crippen LogP contribution in [0.5, 0.6) is 0 Å². The van der Waals surface area contributed by atoms with Crippen LogP contribution >= 0.6 is 0 Å². The molecular formula is C10H16FN3O. The molecule has 0 bridgehead atoms. The standard InChI is InChI=1S/C10H16FN3O/c1-2-6-15-7-9(14-12)10-8(11)4-3-5-13-10/h3-5,9,14H,2,6-7,12H2,1H3. The van der Waals surface area contributed by atoms with Crippen molar-refractivity contribution in [3.05, 3.63) is 29.8 Å². The van der Waals surface area contributed by atoms with Crippen molar-refractivity contribution in [2.24, 2.45) is 5.84 Å². The summed E-state index contributed by atoms with van der Waals surface area (Å²) in [5, 5.41) is 0. The minimum absolute atomic E-state index is 0.288. The van der Waals surface area contributed by atoms with E-state index in [2.05, 4.69) is 10.4 Å². The Kier molecular flexibility index (Phi) is 5.17. The number of hydrazine groups is 1. The number of ether oxygens (including phenoxy) is 1. The maximum Gasteiger partial charge on any atom is 0.146 e. The third-order valence-electron chi connectivity index (χ3n) is 1.95. The van der Waals surface area contributed by atoms with E-state index in [0.29, 0.717) is 13.2 Å². The Balaban J connectivity index is 2.61. The molecule has 1 rings (SSSR count). The lowest BCUT2D eigenvalue weighted by Gasteiger charge is -2.15. The van der Waals surface area contributed by atoms with Crippen LogP contribution < -0.4 is 11.3 Å². The predicted molar refractivity (Wildman–Crippen MR) is 55.4 cm³/mol. The Bertz CT molecular complexity index is 296. The molecule has 0 aliphatic heterocycles. The molecule has 0 saturated carbocycles. The number of aromatic nitrogens is 1. The summed E-state index contributed by atoms with van der Waals surface area (Å²) in [5.41, 5.74) is 2.78. The summed E-state index contributed by atoms with van der Waals surface area (Å²) in [4.78, 5) is 3.93. The van der Waals surface area contributed by atoms with Crippen molar-refractivity contribution in [3.8, 4) is 0 Å². The molecule has 15 heavy (non-hydrogen) atoms. The highest BCUT2D eigenvalue weighted by molar-refractivity contribution is 5.11. The highest BCUT2D eigenvalue weighted by atomic mass is 19.1. The fourth-order valence-corrected chi connectivity index (χ4v) is 1.21. The van der Waals surface area contributed by atoms with Gasteiger partial charge in [0.1, 0.15) is 5.82 Å². The third-order valence-corrected chi connectivity index (χ3v) is 1.95. The Labute approximate surface area is 88.6 Å². The molecule has 0 fully saturated rings. The van der Waals surface area contributed by atoms with E-state index in [1.165, 1.54) is 12.3 Å². The van der Waals surface area contributed by atoms with Crippen molar-refractivity contribution in [2.75, 3.05) is 13.2 Å². The van der Waals surface area contributed by atoms with Gasteiger partial charge in [-0.25, -0.2) is 9.82 Å². The van der Waals surface area contributed by atoms with Crippen molar-refractivity contribution in [1.29, 1.82) is 0 Å². The van der Waals surface area contributed by atoms with E-state index in [-0.39, 0.29) is 11.5 Å². The lowest BCUT2D eigenvalue weighted by Crippen LogP contribution is -2.32. The second kappa shape index (κ2) is 6.44. The van der Waals surface area contributed by atoms with Crippen LogP contribution in [0.4, 0.5) is 4.39 Å². The lowest BCUT2D eigenvalue weighted by molar-refractivity contribution is 0.110. The van der Waals surface area contributed by atoms with Crippen LogP contribution in [0.25, 0.3) is 0 Å². The molecule has 3 N–H and O–H groups in total. The summed E-state index contributed by atoms with van der Waals surface area (Å²) < 4.78 is 18.6. The van der Waals surface area contributed by atoms with Crippen molar-refractivity contribution < 1.29 is 9.13 Å². The number of halogens is 1. The molecule has 1 heterocycles. The topological polar surface area (TPSA) is 60.2 Å². The Morgan fingerprint density at radius 3 is 3.07 bits per heavy atom. The van der Waals surface area contributed by atoms with Gasteiger partial charge in [-0.3, -0.25) is 10.8 Å². The van der Waals surface area contributed by atoms with Crippen LogP contribution in [0.3, 0.4) is 0 Å². The van der Waals surface area contributed by atoms with E-state index >= 15 is 0 Å². The number of pyridine rings is 1. The Hall–Kier alpha value is -1.04. The summed E-state index contributed by atoms with van der Waals surface area (Å²) in [6, 6.07) is 2.49. The van der Waals surface area contributed by atoms with Gasteiger partial charge in [0.2, 0.25) is 0 Å². The number of nitrogens with zero attached hydrogens (tertiary/aromatic N) is 1. The van der Waals surface area contributed by atoms with Crippen molar-refractivity contribution >= 4 is 0 Å². The zero-order chi connectivity index (χ0) is 11.1. The van der Waals surface area contributed by atoms with Crippen LogP contribution in [0.2, 0.25) is 0 Å². The summed E-state index contributed by atoms with van der Waals surface area (Å²) in [6.45, 7) is 2.96. The molecule has 1 atom stereocenters. The number of hydrogen-bond donors (Lipinski definition) is 2.